The number of hydrogen-bond donors (Lipinski definition) is 2. The zero-order valence-electron chi connectivity index (χ0n) is 9.94. The Morgan fingerprint density at radius 3 is 2.24 bits per heavy atom. The summed E-state index contributed by atoms with van der Waals surface area (Å²) in [5.74, 6) is -0.524. The summed E-state index contributed by atoms with van der Waals surface area (Å²) in [6, 6.07) is 4.08. The average molecular weight is 234 g/mol. The van der Waals surface area contributed by atoms with Crippen molar-refractivity contribution < 1.29 is 14.6 Å². The molecule has 2 rings (SSSR count). The van der Waals surface area contributed by atoms with E-state index in [1.54, 1.807) is 0 Å². The fraction of sp³-hybridized carbons (Fsp3) is 0.308. The smallest absolute Gasteiger partial charge is 0.336 e. The molecule has 0 aliphatic heterocycles. The third kappa shape index (κ3) is 1.98. The molecule has 0 spiro atoms. The lowest BCUT2D eigenvalue weighted by atomic mass is 9.85. The van der Waals surface area contributed by atoms with Crippen LogP contribution in [0.2, 0.25) is 0 Å². The van der Waals surface area contributed by atoms with Crippen molar-refractivity contribution in [2.24, 2.45) is 0 Å². The minimum atomic E-state index is -0.465. The number of hydrogen-bond acceptors (Lipinski definition) is 4. The van der Waals surface area contributed by atoms with Crippen LogP contribution in [-0.2, 0) is 5.41 Å². The Bertz CT molecular complexity index is 632. The molecule has 90 valence electrons. The second-order valence-electron chi connectivity index (χ2n) is 5.07. The summed E-state index contributed by atoms with van der Waals surface area (Å²) in [5, 5.41) is 19.5. The lowest BCUT2D eigenvalue weighted by Gasteiger charge is -2.20. The van der Waals surface area contributed by atoms with Crippen LogP contribution < -0.4 is 5.63 Å². The molecular weight excluding hydrogens is 220 g/mol. The van der Waals surface area contributed by atoms with E-state index in [1.807, 2.05) is 20.8 Å². The summed E-state index contributed by atoms with van der Waals surface area (Å²) in [7, 11) is 0. The third-order valence-electron chi connectivity index (χ3n) is 2.65. The van der Waals surface area contributed by atoms with Gasteiger partial charge in [0.05, 0.1) is 0 Å². The van der Waals surface area contributed by atoms with Gasteiger partial charge in [-0.05, 0) is 17.0 Å². The molecule has 1 aromatic carbocycles. The topological polar surface area (TPSA) is 70.7 Å². The van der Waals surface area contributed by atoms with Gasteiger partial charge in [0.25, 0.3) is 0 Å². The number of benzene rings is 1. The van der Waals surface area contributed by atoms with Crippen LogP contribution in [0.1, 0.15) is 26.3 Å². The average Bonchev–Trinajstić information content (AvgIpc) is 2.18. The van der Waals surface area contributed by atoms with Crippen LogP contribution in [0, 0.1) is 0 Å². The van der Waals surface area contributed by atoms with Gasteiger partial charge in [-0.2, -0.15) is 0 Å². The first-order valence-corrected chi connectivity index (χ1v) is 5.29. The van der Waals surface area contributed by atoms with Gasteiger partial charge in [-0.15, -0.1) is 0 Å². The van der Waals surface area contributed by atoms with E-state index in [0.29, 0.717) is 5.39 Å². The first kappa shape index (κ1) is 11.5. The van der Waals surface area contributed by atoms with E-state index in [2.05, 4.69) is 0 Å². The Labute approximate surface area is 98.1 Å². The summed E-state index contributed by atoms with van der Waals surface area (Å²) in [6.45, 7) is 5.89. The van der Waals surface area contributed by atoms with Crippen LogP contribution in [0.4, 0.5) is 0 Å². The second kappa shape index (κ2) is 3.52. The highest BCUT2D eigenvalue weighted by atomic mass is 16.4. The van der Waals surface area contributed by atoms with Gasteiger partial charge >= 0.3 is 5.63 Å². The van der Waals surface area contributed by atoms with E-state index in [9.17, 15) is 15.0 Å². The predicted molar refractivity (Wildman–Crippen MR) is 64.5 cm³/mol. The van der Waals surface area contributed by atoms with E-state index in [1.165, 1.54) is 18.2 Å². The van der Waals surface area contributed by atoms with Gasteiger partial charge in [-0.25, -0.2) is 4.79 Å². The molecule has 0 fully saturated rings. The number of phenols is 2. The van der Waals surface area contributed by atoms with Gasteiger partial charge in [0, 0.05) is 17.5 Å². The lowest BCUT2D eigenvalue weighted by molar-refractivity contribution is 0.403. The van der Waals surface area contributed by atoms with Gasteiger partial charge in [0.15, 0.2) is 11.5 Å². The summed E-state index contributed by atoms with van der Waals surface area (Å²) in [5.41, 5.74) is 0.335. The highest BCUT2D eigenvalue weighted by molar-refractivity contribution is 5.84. The Balaban J connectivity index is 2.93. The molecule has 2 N–H and O–H groups in total. The van der Waals surface area contributed by atoms with Crippen molar-refractivity contribution in [3.63, 3.8) is 0 Å². The van der Waals surface area contributed by atoms with Crippen LogP contribution in [0.15, 0.2) is 27.4 Å². The molecule has 0 radical (unpaired) electrons. The molecular formula is C13H14O4. The second-order valence-corrected chi connectivity index (χ2v) is 5.07. The molecule has 1 heterocycles. The number of fused-ring (bicyclic) bond motifs is 1. The van der Waals surface area contributed by atoms with E-state index in [0.717, 1.165) is 5.56 Å². The van der Waals surface area contributed by atoms with Gasteiger partial charge in [0.1, 0.15) is 5.58 Å². The first-order chi connectivity index (χ1) is 7.79. The Kier molecular flexibility index (Phi) is 2.38. The van der Waals surface area contributed by atoms with Crippen LogP contribution in [0.5, 0.6) is 11.5 Å². The van der Waals surface area contributed by atoms with Crippen molar-refractivity contribution in [2.45, 2.75) is 26.2 Å². The van der Waals surface area contributed by atoms with Gasteiger partial charge in [0.2, 0.25) is 0 Å². The largest absolute Gasteiger partial charge is 0.504 e. The molecule has 0 saturated heterocycles. The minimum Gasteiger partial charge on any atom is -0.504 e. The highest BCUT2D eigenvalue weighted by Crippen LogP contribution is 2.35. The zero-order chi connectivity index (χ0) is 12.8. The molecule has 1 aromatic heterocycles. The van der Waals surface area contributed by atoms with Crippen molar-refractivity contribution in [3.05, 3.63) is 34.2 Å². The van der Waals surface area contributed by atoms with Crippen LogP contribution in [0.25, 0.3) is 11.0 Å². The monoisotopic (exact) mass is 234 g/mol. The normalized spacial score (nSPS) is 11.9. The van der Waals surface area contributed by atoms with Gasteiger partial charge in [-0.1, -0.05) is 20.8 Å². The van der Waals surface area contributed by atoms with Crippen LogP contribution in [0.3, 0.4) is 0 Å². The lowest BCUT2D eigenvalue weighted by Crippen LogP contribution is -2.15. The Morgan fingerprint density at radius 2 is 1.65 bits per heavy atom. The molecule has 0 amide bonds. The fourth-order valence-electron chi connectivity index (χ4n) is 1.81. The Hall–Kier alpha value is -1.97. The molecule has 0 atom stereocenters. The minimum absolute atomic E-state index is 0.225. The molecule has 0 aliphatic carbocycles. The fourth-order valence-corrected chi connectivity index (χ4v) is 1.81. The van der Waals surface area contributed by atoms with Crippen molar-refractivity contribution in [1.29, 1.82) is 0 Å². The molecule has 0 unspecified atom stereocenters. The Morgan fingerprint density at radius 1 is 1.06 bits per heavy atom. The van der Waals surface area contributed by atoms with Gasteiger partial charge < -0.3 is 14.6 Å². The standard InChI is InChI=1S/C13H14O4/c1-13(2,3)8-5-12(16)17-11-6-10(15)9(14)4-7(8)11/h4-6,14-15H,1-3H3. The maximum absolute atomic E-state index is 11.4. The van der Waals surface area contributed by atoms with Crippen molar-refractivity contribution in [2.75, 3.05) is 0 Å². The zero-order valence-corrected chi connectivity index (χ0v) is 9.94. The summed E-state index contributed by atoms with van der Waals surface area (Å²) in [4.78, 5) is 11.4. The maximum Gasteiger partial charge on any atom is 0.336 e. The summed E-state index contributed by atoms with van der Waals surface area (Å²) >= 11 is 0. The molecule has 2 aromatic rings. The quantitative estimate of drug-likeness (QED) is 0.542. The van der Waals surface area contributed by atoms with E-state index in [4.69, 9.17) is 4.42 Å². The highest BCUT2D eigenvalue weighted by Gasteiger charge is 2.20. The molecule has 0 bridgehead atoms. The molecule has 4 nitrogen and oxygen atoms in total. The number of rotatable bonds is 0. The third-order valence-corrected chi connectivity index (χ3v) is 2.65. The summed E-state index contributed by atoms with van der Waals surface area (Å²) in [6.07, 6.45) is 0. The van der Waals surface area contributed by atoms with E-state index in [-0.39, 0.29) is 22.5 Å². The number of phenolic OH excluding ortho intramolecular Hbond substituents is 2. The van der Waals surface area contributed by atoms with Crippen molar-refractivity contribution in [1.82, 2.24) is 0 Å². The maximum atomic E-state index is 11.4. The van der Waals surface area contributed by atoms with E-state index < -0.39 is 5.63 Å². The van der Waals surface area contributed by atoms with Gasteiger partial charge in [-0.3, -0.25) is 0 Å². The molecule has 0 saturated carbocycles. The van der Waals surface area contributed by atoms with Crippen LogP contribution in [-0.4, -0.2) is 10.2 Å². The van der Waals surface area contributed by atoms with Crippen molar-refractivity contribution >= 4 is 11.0 Å². The van der Waals surface area contributed by atoms with Crippen LogP contribution >= 0.6 is 0 Å². The van der Waals surface area contributed by atoms with E-state index >= 15 is 0 Å². The first-order valence-electron chi connectivity index (χ1n) is 5.29. The predicted octanol–water partition coefficient (Wildman–Crippen LogP) is 2.50. The van der Waals surface area contributed by atoms with Crippen molar-refractivity contribution in [3.8, 4) is 11.5 Å². The number of aromatic hydroxyl groups is 2. The molecule has 4 heteroatoms. The molecule has 0 aliphatic rings. The molecule has 17 heavy (non-hydrogen) atoms. The summed E-state index contributed by atoms with van der Waals surface area (Å²) < 4.78 is 5.01. The SMILES string of the molecule is CC(C)(C)c1cc(=O)oc2cc(O)c(O)cc12.